The number of carbonyl (C=O) groups excluding carboxylic acids is 1. The number of amides is 1. The van der Waals surface area contributed by atoms with Crippen LogP contribution in [0.25, 0.3) is 11.3 Å². The van der Waals surface area contributed by atoms with Crippen LogP contribution in [0.4, 0.5) is 5.69 Å². The first-order valence-electron chi connectivity index (χ1n) is 12.3. The predicted octanol–water partition coefficient (Wildman–Crippen LogP) is 2.41. The highest BCUT2D eigenvalue weighted by atomic mass is 16.5. The Hall–Kier alpha value is -4.00. The third-order valence-electron chi connectivity index (χ3n) is 6.85. The average molecular weight is 500 g/mol. The van der Waals surface area contributed by atoms with E-state index in [0.717, 1.165) is 29.9 Å². The van der Waals surface area contributed by atoms with Crippen LogP contribution in [0.2, 0.25) is 0 Å². The van der Waals surface area contributed by atoms with Gasteiger partial charge in [-0.15, -0.1) is 0 Å². The van der Waals surface area contributed by atoms with Gasteiger partial charge in [-0.25, -0.2) is 9.97 Å². The molecule has 2 aromatic carbocycles. The molecule has 2 fully saturated rings. The van der Waals surface area contributed by atoms with Crippen LogP contribution in [0.5, 0.6) is 5.75 Å². The van der Waals surface area contributed by atoms with Crippen molar-refractivity contribution in [2.45, 2.75) is 25.0 Å². The average Bonchev–Trinajstić information content (AvgIpc) is 3.37. The first kappa shape index (κ1) is 24.7. The first-order chi connectivity index (χ1) is 18.1. The number of hydrogen-bond acceptors (Lipinski definition) is 8. The highest BCUT2D eigenvalue weighted by Crippen LogP contribution is 2.28. The van der Waals surface area contributed by atoms with E-state index in [0.29, 0.717) is 49.2 Å². The van der Waals surface area contributed by atoms with Gasteiger partial charge in [0.2, 0.25) is 5.91 Å². The fraction of sp³-hybridized carbons (Fsp3) is 0.357. The van der Waals surface area contributed by atoms with Crippen LogP contribution in [-0.2, 0) is 16.0 Å². The minimum Gasteiger partial charge on any atom is -0.487 e. The number of benzene rings is 2. The summed E-state index contributed by atoms with van der Waals surface area (Å²) in [6.45, 7) is 2.21. The van der Waals surface area contributed by atoms with Gasteiger partial charge in [-0.05, 0) is 42.0 Å². The monoisotopic (exact) mass is 499 g/mol. The standard InChI is InChI=1S/C28H29N5O4/c1-36-24-16-33(17-24)22-4-2-3-19(11-22)12-27-30-9-7-25(31-27)20-5-6-26(21(13-20)14-29)37-23-8-10-32(15-23)28(35)18-34/h2-7,9,11,13,23-24,34H,8,10,12,15-18H2,1H3/t23-/m1/s1. The van der Waals surface area contributed by atoms with E-state index in [9.17, 15) is 10.1 Å². The summed E-state index contributed by atoms with van der Waals surface area (Å²) in [5, 5.41) is 18.8. The Morgan fingerprint density at radius 2 is 2.03 bits per heavy atom. The highest BCUT2D eigenvalue weighted by molar-refractivity contribution is 5.77. The molecule has 1 N–H and O–H groups in total. The second-order valence-corrected chi connectivity index (χ2v) is 9.32. The summed E-state index contributed by atoms with van der Waals surface area (Å²) in [6.07, 6.45) is 3.07. The number of ether oxygens (including phenoxy) is 2. The van der Waals surface area contributed by atoms with Gasteiger partial charge in [0.15, 0.2) is 0 Å². The fourth-order valence-electron chi connectivity index (χ4n) is 4.70. The van der Waals surface area contributed by atoms with Crippen molar-refractivity contribution in [1.82, 2.24) is 14.9 Å². The number of aliphatic hydroxyl groups is 1. The van der Waals surface area contributed by atoms with Crippen molar-refractivity contribution in [1.29, 1.82) is 5.26 Å². The number of nitriles is 1. The normalized spacial score (nSPS) is 17.4. The number of aromatic nitrogens is 2. The summed E-state index contributed by atoms with van der Waals surface area (Å²) in [5.74, 6) is 0.863. The van der Waals surface area contributed by atoms with Gasteiger partial charge < -0.3 is 24.4 Å². The molecule has 0 saturated carbocycles. The third-order valence-corrected chi connectivity index (χ3v) is 6.85. The summed E-state index contributed by atoms with van der Waals surface area (Å²) >= 11 is 0. The molecule has 5 rings (SSSR count). The second-order valence-electron chi connectivity index (χ2n) is 9.32. The van der Waals surface area contributed by atoms with Gasteiger partial charge in [0.25, 0.3) is 0 Å². The summed E-state index contributed by atoms with van der Waals surface area (Å²) in [6, 6.07) is 17.9. The van der Waals surface area contributed by atoms with Crippen molar-refractivity contribution in [2.24, 2.45) is 0 Å². The zero-order valence-corrected chi connectivity index (χ0v) is 20.7. The molecule has 37 heavy (non-hydrogen) atoms. The number of aliphatic hydroxyl groups excluding tert-OH is 1. The number of likely N-dealkylation sites (tertiary alicyclic amines) is 1. The molecule has 3 heterocycles. The van der Waals surface area contributed by atoms with Crippen LogP contribution in [-0.4, -0.2) is 78.0 Å². The Labute approximate surface area is 215 Å². The Kier molecular flexibility index (Phi) is 7.30. The smallest absolute Gasteiger partial charge is 0.248 e. The van der Waals surface area contributed by atoms with E-state index in [4.69, 9.17) is 19.6 Å². The molecule has 0 aliphatic carbocycles. The van der Waals surface area contributed by atoms with Crippen molar-refractivity contribution in [3.05, 3.63) is 71.7 Å². The highest BCUT2D eigenvalue weighted by Gasteiger charge is 2.28. The van der Waals surface area contributed by atoms with E-state index in [1.54, 1.807) is 30.3 Å². The van der Waals surface area contributed by atoms with Gasteiger partial charge in [0.1, 0.15) is 30.4 Å². The van der Waals surface area contributed by atoms with Crippen LogP contribution >= 0.6 is 0 Å². The van der Waals surface area contributed by atoms with Gasteiger partial charge in [-0.1, -0.05) is 12.1 Å². The van der Waals surface area contributed by atoms with E-state index < -0.39 is 6.61 Å². The van der Waals surface area contributed by atoms with Gasteiger partial charge in [0, 0.05) is 57.0 Å². The minimum atomic E-state index is -0.509. The van der Waals surface area contributed by atoms with Gasteiger partial charge in [-0.2, -0.15) is 5.26 Å². The number of methoxy groups -OCH3 is 1. The number of hydrogen-bond donors (Lipinski definition) is 1. The second kappa shape index (κ2) is 10.9. The maximum Gasteiger partial charge on any atom is 0.248 e. The lowest BCUT2D eigenvalue weighted by atomic mass is 10.1. The minimum absolute atomic E-state index is 0.216. The van der Waals surface area contributed by atoms with Crippen molar-refractivity contribution in [3.8, 4) is 23.1 Å². The van der Waals surface area contributed by atoms with Crippen LogP contribution in [0, 0.1) is 11.3 Å². The maximum atomic E-state index is 11.7. The van der Waals surface area contributed by atoms with Gasteiger partial charge in [0.05, 0.1) is 23.9 Å². The number of nitrogens with zero attached hydrogens (tertiary/aromatic N) is 5. The molecular formula is C28H29N5O4. The van der Waals surface area contributed by atoms with Crippen LogP contribution in [0.1, 0.15) is 23.4 Å². The Morgan fingerprint density at radius 3 is 2.81 bits per heavy atom. The zero-order valence-electron chi connectivity index (χ0n) is 20.7. The molecule has 9 heteroatoms. The Balaban J connectivity index is 1.28. The van der Waals surface area contributed by atoms with Gasteiger partial charge >= 0.3 is 0 Å². The summed E-state index contributed by atoms with van der Waals surface area (Å²) in [5.41, 5.74) is 4.23. The van der Waals surface area contributed by atoms with E-state index in [2.05, 4.69) is 40.2 Å². The zero-order chi connectivity index (χ0) is 25.8. The first-order valence-corrected chi connectivity index (χ1v) is 12.3. The lowest BCUT2D eigenvalue weighted by Gasteiger charge is -2.40. The largest absolute Gasteiger partial charge is 0.487 e. The maximum absolute atomic E-state index is 11.7. The summed E-state index contributed by atoms with van der Waals surface area (Å²) in [7, 11) is 1.75. The molecule has 1 atom stereocenters. The molecule has 2 saturated heterocycles. The van der Waals surface area contributed by atoms with E-state index in [1.807, 2.05) is 12.1 Å². The van der Waals surface area contributed by atoms with Crippen molar-refractivity contribution in [3.63, 3.8) is 0 Å². The Morgan fingerprint density at radius 1 is 1.16 bits per heavy atom. The number of rotatable bonds is 8. The molecule has 0 spiro atoms. The third kappa shape index (κ3) is 5.56. The van der Waals surface area contributed by atoms with Crippen molar-refractivity contribution >= 4 is 11.6 Å². The molecule has 1 amide bonds. The molecule has 1 aromatic heterocycles. The fourth-order valence-corrected chi connectivity index (χ4v) is 4.70. The number of carbonyl (C=O) groups is 1. The SMILES string of the molecule is COC1CN(c2cccc(Cc3nccc(-c4ccc(O[C@@H]5CCN(C(=O)CO)C5)c(C#N)c4)n3)c2)C1. The Bertz CT molecular complexity index is 1320. The van der Waals surface area contributed by atoms with Crippen molar-refractivity contribution < 1.29 is 19.4 Å². The van der Waals surface area contributed by atoms with Crippen LogP contribution < -0.4 is 9.64 Å². The molecule has 0 unspecified atom stereocenters. The van der Waals surface area contributed by atoms with Crippen LogP contribution in [0.3, 0.4) is 0 Å². The van der Waals surface area contributed by atoms with E-state index in [-0.39, 0.29) is 12.0 Å². The molecule has 190 valence electrons. The van der Waals surface area contributed by atoms with Gasteiger partial charge in [-0.3, -0.25) is 4.79 Å². The van der Waals surface area contributed by atoms with E-state index in [1.165, 1.54) is 5.69 Å². The molecule has 0 radical (unpaired) electrons. The van der Waals surface area contributed by atoms with Crippen LogP contribution in [0.15, 0.2) is 54.7 Å². The summed E-state index contributed by atoms with van der Waals surface area (Å²) < 4.78 is 11.4. The quantitative estimate of drug-likeness (QED) is 0.503. The molecule has 2 aliphatic rings. The number of anilines is 1. The molecular weight excluding hydrogens is 470 g/mol. The van der Waals surface area contributed by atoms with Crippen molar-refractivity contribution in [2.75, 3.05) is 44.8 Å². The lowest BCUT2D eigenvalue weighted by molar-refractivity contribution is -0.133. The molecule has 0 bridgehead atoms. The lowest BCUT2D eigenvalue weighted by Crippen LogP contribution is -2.51. The molecule has 2 aliphatic heterocycles. The molecule has 3 aromatic rings. The molecule has 9 nitrogen and oxygen atoms in total. The van der Waals surface area contributed by atoms with E-state index >= 15 is 0 Å². The predicted molar refractivity (Wildman–Crippen MR) is 137 cm³/mol. The summed E-state index contributed by atoms with van der Waals surface area (Å²) in [4.78, 5) is 24.8. The topological polar surface area (TPSA) is 112 Å².